The van der Waals surface area contributed by atoms with Crippen molar-refractivity contribution in [2.24, 2.45) is 0 Å². The summed E-state index contributed by atoms with van der Waals surface area (Å²) < 4.78 is 27.9. The summed E-state index contributed by atoms with van der Waals surface area (Å²) in [6, 6.07) is 8.01. The Labute approximate surface area is 121 Å². The largest absolute Gasteiger partial charge is 0.396 e. The van der Waals surface area contributed by atoms with Gasteiger partial charge in [0.15, 0.2) is 0 Å². The average molecular weight is 298 g/mol. The normalized spacial score (nSPS) is 16.9. The molecule has 6 heteroatoms. The summed E-state index contributed by atoms with van der Waals surface area (Å²) in [6.45, 7) is 1.32. The SMILES string of the molecule is CN(CCCO)S(=O)(=O)N1CCCc2ccccc2C1. The first-order valence-corrected chi connectivity index (χ1v) is 8.34. The van der Waals surface area contributed by atoms with Crippen molar-refractivity contribution < 1.29 is 13.5 Å². The van der Waals surface area contributed by atoms with Gasteiger partial charge in [0.2, 0.25) is 0 Å². The van der Waals surface area contributed by atoms with Crippen LogP contribution in [0.3, 0.4) is 0 Å². The van der Waals surface area contributed by atoms with Crippen LogP contribution >= 0.6 is 0 Å². The lowest BCUT2D eigenvalue weighted by Gasteiger charge is -2.26. The second kappa shape index (κ2) is 6.67. The van der Waals surface area contributed by atoms with Gasteiger partial charge >= 0.3 is 0 Å². The molecule has 0 saturated carbocycles. The molecule has 1 N–H and O–H groups in total. The third-order valence-corrected chi connectivity index (χ3v) is 5.60. The molecule has 0 aliphatic carbocycles. The van der Waals surface area contributed by atoms with E-state index in [0.717, 1.165) is 18.4 Å². The lowest BCUT2D eigenvalue weighted by atomic mass is 10.0. The van der Waals surface area contributed by atoms with Gasteiger partial charge in [0.25, 0.3) is 10.2 Å². The highest BCUT2D eigenvalue weighted by molar-refractivity contribution is 7.86. The molecule has 0 aromatic heterocycles. The Hall–Kier alpha value is -0.950. The fraction of sp³-hybridized carbons (Fsp3) is 0.571. The molecule has 1 aromatic rings. The molecular weight excluding hydrogens is 276 g/mol. The van der Waals surface area contributed by atoms with Gasteiger partial charge in [-0.05, 0) is 30.4 Å². The van der Waals surface area contributed by atoms with Gasteiger partial charge in [-0.3, -0.25) is 0 Å². The van der Waals surface area contributed by atoms with Crippen LogP contribution in [0.5, 0.6) is 0 Å². The van der Waals surface area contributed by atoms with Crippen molar-refractivity contribution in [3.8, 4) is 0 Å². The summed E-state index contributed by atoms with van der Waals surface area (Å²) in [5, 5.41) is 8.83. The summed E-state index contributed by atoms with van der Waals surface area (Å²) in [4.78, 5) is 0. The van der Waals surface area contributed by atoms with Crippen molar-refractivity contribution in [2.45, 2.75) is 25.8 Å². The Bertz CT molecular complexity index is 545. The first-order chi connectivity index (χ1) is 9.55. The third kappa shape index (κ3) is 3.38. The molecule has 20 heavy (non-hydrogen) atoms. The number of hydrogen-bond acceptors (Lipinski definition) is 3. The van der Waals surface area contributed by atoms with Crippen molar-refractivity contribution >= 4 is 10.2 Å². The highest BCUT2D eigenvalue weighted by atomic mass is 32.2. The van der Waals surface area contributed by atoms with Gasteiger partial charge in [0, 0.05) is 33.3 Å². The minimum Gasteiger partial charge on any atom is -0.396 e. The minimum absolute atomic E-state index is 0.00267. The molecule has 1 aromatic carbocycles. The molecular formula is C14H22N2O3S. The number of nitrogens with zero attached hydrogens (tertiary/aromatic N) is 2. The van der Waals surface area contributed by atoms with E-state index >= 15 is 0 Å². The van der Waals surface area contributed by atoms with Crippen LogP contribution in [0.25, 0.3) is 0 Å². The Morgan fingerprint density at radius 1 is 1.30 bits per heavy atom. The zero-order chi connectivity index (χ0) is 14.6. The van der Waals surface area contributed by atoms with E-state index in [-0.39, 0.29) is 6.61 Å². The van der Waals surface area contributed by atoms with Crippen LogP contribution in [0.15, 0.2) is 24.3 Å². The van der Waals surface area contributed by atoms with Gasteiger partial charge in [-0.2, -0.15) is 17.0 Å². The number of benzene rings is 1. The number of aryl methyl sites for hydroxylation is 1. The van der Waals surface area contributed by atoms with Crippen molar-refractivity contribution in [2.75, 3.05) is 26.7 Å². The Morgan fingerprint density at radius 3 is 2.70 bits per heavy atom. The number of rotatable bonds is 5. The molecule has 0 fully saturated rings. The van der Waals surface area contributed by atoms with Gasteiger partial charge in [-0.25, -0.2) is 0 Å². The number of aliphatic hydroxyl groups is 1. The van der Waals surface area contributed by atoms with Crippen LogP contribution in [0.2, 0.25) is 0 Å². The first-order valence-electron chi connectivity index (χ1n) is 6.95. The van der Waals surface area contributed by atoms with Crippen LogP contribution < -0.4 is 0 Å². The van der Waals surface area contributed by atoms with Gasteiger partial charge in [-0.1, -0.05) is 24.3 Å². The first kappa shape index (κ1) is 15.4. The van der Waals surface area contributed by atoms with Crippen molar-refractivity contribution in [1.82, 2.24) is 8.61 Å². The third-order valence-electron chi connectivity index (χ3n) is 3.67. The van der Waals surface area contributed by atoms with E-state index in [9.17, 15) is 8.42 Å². The van der Waals surface area contributed by atoms with Crippen molar-refractivity contribution in [3.63, 3.8) is 0 Å². The predicted octanol–water partition coefficient (Wildman–Crippen LogP) is 0.994. The topological polar surface area (TPSA) is 60.9 Å². The van der Waals surface area contributed by atoms with Crippen molar-refractivity contribution in [1.29, 1.82) is 0 Å². The number of aliphatic hydroxyl groups excluding tert-OH is 1. The van der Waals surface area contributed by atoms with E-state index in [4.69, 9.17) is 5.11 Å². The molecule has 1 heterocycles. The summed E-state index contributed by atoms with van der Waals surface area (Å²) in [7, 11) is -1.87. The number of fused-ring (bicyclic) bond motifs is 1. The van der Waals surface area contributed by atoms with Gasteiger partial charge in [0.05, 0.1) is 0 Å². The van der Waals surface area contributed by atoms with Crippen LogP contribution in [-0.2, 0) is 23.2 Å². The monoisotopic (exact) mass is 298 g/mol. The highest BCUT2D eigenvalue weighted by Crippen LogP contribution is 2.21. The zero-order valence-electron chi connectivity index (χ0n) is 11.8. The van der Waals surface area contributed by atoms with Crippen LogP contribution in [0.1, 0.15) is 24.0 Å². The summed E-state index contributed by atoms with van der Waals surface area (Å²) >= 11 is 0. The molecule has 0 radical (unpaired) electrons. The van der Waals surface area contributed by atoms with E-state index < -0.39 is 10.2 Å². The molecule has 1 aliphatic rings. The van der Waals surface area contributed by atoms with E-state index in [0.29, 0.717) is 26.1 Å². The average Bonchev–Trinajstić information content (AvgIpc) is 2.67. The lowest BCUT2D eigenvalue weighted by molar-refractivity contribution is 0.270. The lowest BCUT2D eigenvalue weighted by Crippen LogP contribution is -2.42. The van der Waals surface area contributed by atoms with Gasteiger partial charge < -0.3 is 5.11 Å². The highest BCUT2D eigenvalue weighted by Gasteiger charge is 2.28. The van der Waals surface area contributed by atoms with E-state index in [1.165, 1.54) is 14.2 Å². The van der Waals surface area contributed by atoms with Crippen LogP contribution in [-0.4, -0.2) is 48.9 Å². The molecule has 0 saturated heterocycles. The summed E-state index contributed by atoms with van der Waals surface area (Å²) in [5.41, 5.74) is 2.33. The second-order valence-electron chi connectivity index (χ2n) is 5.11. The van der Waals surface area contributed by atoms with E-state index in [1.807, 2.05) is 18.2 Å². The Balaban J connectivity index is 2.16. The molecule has 5 nitrogen and oxygen atoms in total. The molecule has 2 rings (SSSR count). The van der Waals surface area contributed by atoms with Crippen molar-refractivity contribution in [3.05, 3.63) is 35.4 Å². The molecule has 1 aliphatic heterocycles. The summed E-state index contributed by atoms with van der Waals surface area (Å²) in [6.07, 6.45) is 2.22. The molecule has 0 unspecified atom stereocenters. The van der Waals surface area contributed by atoms with E-state index in [1.54, 1.807) is 7.05 Å². The smallest absolute Gasteiger partial charge is 0.282 e. The fourth-order valence-corrected chi connectivity index (χ4v) is 3.89. The quantitative estimate of drug-likeness (QED) is 0.882. The number of hydrogen-bond donors (Lipinski definition) is 1. The molecule has 0 amide bonds. The Kier molecular flexibility index (Phi) is 5.15. The van der Waals surface area contributed by atoms with Crippen LogP contribution in [0, 0.1) is 0 Å². The Morgan fingerprint density at radius 2 is 2.00 bits per heavy atom. The van der Waals surface area contributed by atoms with Crippen LogP contribution in [0.4, 0.5) is 0 Å². The summed E-state index contributed by atoms with van der Waals surface area (Å²) in [5.74, 6) is 0. The maximum atomic E-state index is 12.5. The van der Waals surface area contributed by atoms with Gasteiger partial charge in [-0.15, -0.1) is 0 Å². The van der Waals surface area contributed by atoms with Gasteiger partial charge in [0.1, 0.15) is 0 Å². The minimum atomic E-state index is -3.44. The maximum absolute atomic E-state index is 12.5. The molecule has 0 spiro atoms. The molecule has 0 atom stereocenters. The van der Waals surface area contributed by atoms with E-state index in [2.05, 4.69) is 6.07 Å². The zero-order valence-corrected chi connectivity index (χ0v) is 12.6. The molecule has 0 bridgehead atoms. The standard InChI is InChI=1S/C14H22N2O3S/c1-15(9-5-11-17)20(18,19)16-10-4-8-13-6-2-3-7-14(13)12-16/h2-3,6-7,17H,4-5,8-12H2,1H3. The second-order valence-corrected chi connectivity index (χ2v) is 7.15. The predicted molar refractivity (Wildman–Crippen MR) is 78.4 cm³/mol. The fourth-order valence-electron chi connectivity index (χ4n) is 2.47. The molecule has 112 valence electrons. The maximum Gasteiger partial charge on any atom is 0.282 e.